The van der Waals surface area contributed by atoms with Gasteiger partial charge >= 0.3 is 0 Å². The number of fused-ring (bicyclic) bond motifs is 1. The molecule has 3 rings (SSSR count). The average molecular weight is 335 g/mol. The Labute approximate surface area is 139 Å². The Morgan fingerprint density at radius 2 is 2.22 bits per heavy atom. The van der Waals surface area contributed by atoms with E-state index in [2.05, 4.69) is 31.9 Å². The minimum absolute atomic E-state index is 0.419. The lowest BCUT2D eigenvalue weighted by Crippen LogP contribution is -2.49. The molecular weight excluding hydrogens is 317 g/mol. The number of hydrazone groups is 1. The van der Waals surface area contributed by atoms with Crippen molar-refractivity contribution in [3.63, 3.8) is 0 Å². The van der Waals surface area contributed by atoms with Crippen LogP contribution in [0.1, 0.15) is 12.1 Å². The molecule has 2 aliphatic rings. The third-order valence-electron chi connectivity index (χ3n) is 3.84. The van der Waals surface area contributed by atoms with E-state index in [-0.39, 0.29) is 0 Å². The summed E-state index contributed by atoms with van der Waals surface area (Å²) < 4.78 is 18.6. The summed E-state index contributed by atoms with van der Waals surface area (Å²) in [6.07, 6.45) is 3.61. The first-order valence-electron chi connectivity index (χ1n) is 7.44. The van der Waals surface area contributed by atoms with Crippen LogP contribution in [0.2, 0.25) is 0 Å². The number of nitrogens with one attached hydrogen (secondary N) is 1. The number of nitrogens with zero attached hydrogens (tertiary/aromatic N) is 4. The molecule has 0 saturated carbocycles. The molecule has 0 aliphatic carbocycles. The normalized spacial score (nSPS) is 19.1. The van der Waals surface area contributed by atoms with Gasteiger partial charge in [-0.05, 0) is 18.4 Å². The van der Waals surface area contributed by atoms with Gasteiger partial charge in [0.05, 0.1) is 18.5 Å². The summed E-state index contributed by atoms with van der Waals surface area (Å²) in [5.74, 6) is -0.00381. The SMILES string of the molecule is C=CN1CCN(C(=S)N/N=C2/CCOc3cc(F)cnc32)CC1. The number of halogens is 1. The predicted molar refractivity (Wildman–Crippen MR) is 89.9 cm³/mol. The Bertz CT molecular complexity index is 643. The van der Waals surface area contributed by atoms with Crippen molar-refractivity contribution in [1.29, 1.82) is 0 Å². The molecule has 1 N–H and O–H groups in total. The van der Waals surface area contributed by atoms with Crippen molar-refractivity contribution in [1.82, 2.24) is 20.2 Å². The highest BCUT2D eigenvalue weighted by Gasteiger charge is 2.20. The largest absolute Gasteiger partial charge is 0.491 e. The van der Waals surface area contributed by atoms with Crippen molar-refractivity contribution < 1.29 is 9.13 Å². The average Bonchev–Trinajstić information content (AvgIpc) is 2.59. The maximum atomic E-state index is 13.2. The first kappa shape index (κ1) is 15.7. The summed E-state index contributed by atoms with van der Waals surface area (Å²) in [5, 5.41) is 4.93. The van der Waals surface area contributed by atoms with E-state index >= 15 is 0 Å². The van der Waals surface area contributed by atoms with Crippen LogP contribution in [0.15, 0.2) is 30.1 Å². The number of thiocarbonyl (C=S) groups is 1. The van der Waals surface area contributed by atoms with Crippen molar-refractivity contribution in [3.8, 4) is 5.75 Å². The number of rotatable bonds is 2. The van der Waals surface area contributed by atoms with E-state index in [1.54, 1.807) is 0 Å². The summed E-state index contributed by atoms with van der Waals surface area (Å²) in [4.78, 5) is 8.28. The Hall–Kier alpha value is -2.22. The first-order chi connectivity index (χ1) is 11.2. The quantitative estimate of drug-likeness (QED) is 0.650. The molecule has 6 nitrogen and oxygen atoms in total. The van der Waals surface area contributed by atoms with Crippen LogP contribution in [0.4, 0.5) is 4.39 Å². The Morgan fingerprint density at radius 3 is 2.96 bits per heavy atom. The summed E-state index contributed by atoms with van der Waals surface area (Å²) in [6, 6.07) is 1.32. The topological polar surface area (TPSA) is 53.0 Å². The summed E-state index contributed by atoms with van der Waals surface area (Å²) in [7, 11) is 0. The minimum Gasteiger partial charge on any atom is -0.491 e. The van der Waals surface area contributed by atoms with Gasteiger partial charge in [-0.1, -0.05) is 6.58 Å². The third-order valence-corrected chi connectivity index (χ3v) is 4.18. The fourth-order valence-electron chi connectivity index (χ4n) is 2.53. The number of hydrogen-bond acceptors (Lipinski definition) is 5. The molecule has 0 bridgehead atoms. The molecule has 0 amide bonds. The third kappa shape index (κ3) is 3.58. The van der Waals surface area contributed by atoms with Crippen LogP contribution in [-0.2, 0) is 0 Å². The van der Waals surface area contributed by atoms with Gasteiger partial charge in [0.25, 0.3) is 0 Å². The van der Waals surface area contributed by atoms with E-state index in [9.17, 15) is 4.39 Å². The first-order valence-corrected chi connectivity index (χ1v) is 7.85. The molecule has 0 unspecified atom stereocenters. The lowest BCUT2D eigenvalue weighted by Gasteiger charge is -2.35. The molecule has 0 spiro atoms. The standard InChI is InChI=1S/C15H18FN5OS/c1-2-20-4-6-21(7-5-20)15(23)19-18-12-3-8-22-13-9-11(16)10-17-14(12)13/h2,9-10H,1,3-8H2,(H,19,23)/b18-12-. The molecule has 1 aromatic heterocycles. The maximum Gasteiger partial charge on any atom is 0.189 e. The smallest absolute Gasteiger partial charge is 0.189 e. The van der Waals surface area contributed by atoms with Gasteiger partial charge < -0.3 is 14.5 Å². The van der Waals surface area contributed by atoms with Gasteiger partial charge in [0.15, 0.2) is 5.11 Å². The van der Waals surface area contributed by atoms with Crippen molar-refractivity contribution >= 4 is 23.0 Å². The van der Waals surface area contributed by atoms with Crippen LogP contribution in [0, 0.1) is 5.82 Å². The Kier molecular flexibility index (Phi) is 4.71. The lowest BCUT2D eigenvalue weighted by atomic mass is 10.1. The molecule has 122 valence electrons. The van der Waals surface area contributed by atoms with Crippen LogP contribution >= 0.6 is 12.2 Å². The molecule has 0 aromatic carbocycles. The molecular formula is C15H18FN5OS. The molecule has 23 heavy (non-hydrogen) atoms. The maximum absolute atomic E-state index is 13.2. The summed E-state index contributed by atoms with van der Waals surface area (Å²) in [6.45, 7) is 7.65. The molecule has 0 atom stereocenters. The van der Waals surface area contributed by atoms with Gasteiger partial charge in [-0.2, -0.15) is 5.10 Å². The van der Waals surface area contributed by atoms with Gasteiger partial charge in [0, 0.05) is 38.7 Å². The molecule has 1 saturated heterocycles. The van der Waals surface area contributed by atoms with E-state index in [0.717, 1.165) is 38.1 Å². The molecule has 3 heterocycles. The monoisotopic (exact) mass is 335 g/mol. The Balaban J connectivity index is 1.65. The molecule has 0 radical (unpaired) electrons. The van der Waals surface area contributed by atoms with Crippen LogP contribution in [0.25, 0.3) is 0 Å². The van der Waals surface area contributed by atoms with Crippen LogP contribution < -0.4 is 10.2 Å². The van der Waals surface area contributed by atoms with E-state index in [1.165, 1.54) is 6.07 Å². The zero-order valence-corrected chi connectivity index (χ0v) is 13.5. The molecule has 1 aromatic rings. The zero-order valence-electron chi connectivity index (χ0n) is 12.7. The molecule has 1 fully saturated rings. The second kappa shape index (κ2) is 6.91. The fourth-order valence-corrected chi connectivity index (χ4v) is 2.75. The van der Waals surface area contributed by atoms with Crippen LogP contribution in [0.3, 0.4) is 0 Å². The Morgan fingerprint density at radius 1 is 1.43 bits per heavy atom. The van der Waals surface area contributed by atoms with E-state index in [0.29, 0.717) is 29.6 Å². The number of pyridine rings is 1. The van der Waals surface area contributed by atoms with Crippen molar-refractivity contribution in [3.05, 3.63) is 36.6 Å². The number of hydrogen-bond donors (Lipinski definition) is 1. The van der Waals surface area contributed by atoms with Gasteiger partial charge in [-0.15, -0.1) is 0 Å². The molecule has 2 aliphatic heterocycles. The van der Waals surface area contributed by atoms with Crippen LogP contribution in [-0.4, -0.2) is 58.4 Å². The zero-order chi connectivity index (χ0) is 16.2. The highest BCUT2D eigenvalue weighted by molar-refractivity contribution is 7.80. The highest BCUT2D eigenvalue weighted by Crippen LogP contribution is 2.23. The summed E-state index contributed by atoms with van der Waals surface area (Å²) in [5.41, 5.74) is 4.20. The number of piperazine rings is 1. The van der Waals surface area contributed by atoms with E-state index < -0.39 is 5.82 Å². The van der Waals surface area contributed by atoms with Crippen molar-refractivity contribution in [2.75, 3.05) is 32.8 Å². The number of ether oxygens (including phenoxy) is 1. The second-order valence-corrected chi connectivity index (χ2v) is 5.67. The lowest BCUT2D eigenvalue weighted by molar-refractivity contribution is 0.236. The van der Waals surface area contributed by atoms with E-state index in [1.807, 2.05) is 6.20 Å². The highest BCUT2D eigenvalue weighted by atomic mass is 32.1. The van der Waals surface area contributed by atoms with Crippen molar-refractivity contribution in [2.24, 2.45) is 5.10 Å². The fraction of sp³-hybridized carbons (Fsp3) is 0.400. The number of aromatic nitrogens is 1. The predicted octanol–water partition coefficient (Wildman–Crippen LogP) is 1.34. The summed E-state index contributed by atoms with van der Waals surface area (Å²) >= 11 is 5.39. The van der Waals surface area contributed by atoms with Crippen molar-refractivity contribution in [2.45, 2.75) is 6.42 Å². The second-order valence-electron chi connectivity index (χ2n) is 5.28. The van der Waals surface area contributed by atoms with Gasteiger partial charge in [0.2, 0.25) is 0 Å². The van der Waals surface area contributed by atoms with Crippen LogP contribution in [0.5, 0.6) is 5.75 Å². The minimum atomic E-state index is -0.423. The molecule has 8 heteroatoms. The van der Waals surface area contributed by atoms with E-state index in [4.69, 9.17) is 17.0 Å². The van der Waals surface area contributed by atoms with Gasteiger partial charge in [-0.3, -0.25) is 5.43 Å². The van der Waals surface area contributed by atoms with Gasteiger partial charge in [-0.25, -0.2) is 9.37 Å². The van der Waals surface area contributed by atoms with Gasteiger partial charge in [0.1, 0.15) is 17.3 Å².